The maximum absolute atomic E-state index is 11.8. The number of benzene rings is 1. The highest BCUT2D eigenvalue weighted by Crippen LogP contribution is 2.25. The van der Waals surface area contributed by atoms with E-state index in [1.165, 1.54) is 11.3 Å². The number of rotatable bonds is 5. The minimum atomic E-state index is -0.722. The number of hydrogen-bond acceptors (Lipinski definition) is 4. The molecule has 0 aliphatic carbocycles. The molecule has 0 spiro atoms. The lowest BCUT2D eigenvalue weighted by Crippen LogP contribution is -2.25. The number of para-hydroxylation sites is 1. The van der Waals surface area contributed by atoms with Gasteiger partial charge < -0.3 is 14.8 Å². The van der Waals surface area contributed by atoms with Gasteiger partial charge in [0, 0.05) is 22.9 Å². The van der Waals surface area contributed by atoms with Gasteiger partial charge in [0.05, 0.1) is 0 Å². The monoisotopic (exact) mass is 301 g/mol. The van der Waals surface area contributed by atoms with E-state index in [9.17, 15) is 9.90 Å². The van der Waals surface area contributed by atoms with Crippen LogP contribution in [0.1, 0.15) is 28.6 Å². The summed E-state index contributed by atoms with van der Waals surface area (Å²) in [6.45, 7) is 0.396. The molecule has 0 saturated heterocycles. The molecule has 0 aliphatic rings. The van der Waals surface area contributed by atoms with E-state index in [0.717, 1.165) is 11.0 Å². The maximum Gasteiger partial charge on any atom is 0.252 e. The predicted octanol–water partition coefficient (Wildman–Crippen LogP) is 3.35. The molecule has 5 heteroatoms. The van der Waals surface area contributed by atoms with Gasteiger partial charge >= 0.3 is 0 Å². The summed E-state index contributed by atoms with van der Waals surface area (Å²) in [4.78, 5) is 11.8. The number of aliphatic hydroxyl groups excluding tert-OH is 1. The number of furan rings is 1. The SMILES string of the molecule is O=C(NCCC(O)c1cc2ccccc2o1)c1ccsc1. The molecule has 0 saturated carbocycles. The van der Waals surface area contributed by atoms with Crippen molar-refractivity contribution in [3.8, 4) is 0 Å². The third kappa shape index (κ3) is 3.15. The zero-order valence-electron chi connectivity index (χ0n) is 11.3. The number of thiophene rings is 1. The van der Waals surface area contributed by atoms with Crippen LogP contribution in [0.15, 0.2) is 51.6 Å². The average molecular weight is 301 g/mol. The first kappa shape index (κ1) is 13.9. The fraction of sp³-hybridized carbons (Fsp3) is 0.188. The molecule has 0 radical (unpaired) electrons. The fourth-order valence-electron chi connectivity index (χ4n) is 2.13. The summed E-state index contributed by atoms with van der Waals surface area (Å²) in [6, 6.07) is 11.2. The van der Waals surface area contributed by atoms with Crippen LogP contribution in [-0.4, -0.2) is 17.6 Å². The maximum atomic E-state index is 11.8. The minimum Gasteiger partial charge on any atom is -0.458 e. The highest BCUT2D eigenvalue weighted by molar-refractivity contribution is 7.08. The van der Waals surface area contributed by atoms with Gasteiger partial charge in [0.15, 0.2) is 0 Å². The summed E-state index contributed by atoms with van der Waals surface area (Å²) in [5.41, 5.74) is 1.41. The van der Waals surface area contributed by atoms with E-state index < -0.39 is 6.10 Å². The lowest BCUT2D eigenvalue weighted by molar-refractivity contribution is 0.0937. The van der Waals surface area contributed by atoms with Crippen molar-refractivity contribution in [1.29, 1.82) is 0 Å². The molecule has 1 atom stereocenters. The Morgan fingerprint density at radius 1 is 1.33 bits per heavy atom. The number of fused-ring (bicyclic) bond motifs is 1. The molecule has 21 heavy (non-hydrogen) atoms. The topological polar surface area (TPSA) is 62.5 Å². The number of hydrogen-bond donors (Lipinski definition) is 2. The largest absolute Gasteiger partial charge is 0.458 e. The third-order valence-corrected chi connectivity index (χ3v) is 3.94. The van der Waals surface area contributed by atoms with Crippen LogP contribution in [-0.2, 0) is 0 Å². The molecule has 3 aromatic rings. The van der Waals surface area contributed by atoms with Crippen molar-refractivity contribution >= 4 is 28.2 Å². The Labute approximate surface area is 126 Å². The summed E-state index contributed by atoms with van der Waals surface area (Å²) >= 11 is 1.48. The lowest BCUT2D eigenvalue weighted by Gasteiger charge is -2.08. The molecule has 0 fully saturated rings. The molecule has 108 valence electrons. The van der Waals surface area contributed by atoms with Gasteiger partial charge in [-0.1, -0.05) is 18.2 Å². The first-order valence-electron chi connectivity index (χ1n) is 6.71. The summed E-state index contributed by atoms with van der Waals surface area (Å²) in [6.07, 6.45) is -0.310. The Morgan fingerprint density at radius 3 is 2.95 bits per heavy atom. The van der Waals surface area contributed by atoms with E-state index >= 15 is 0 Å². The van der Waals surface area contributed by atoms with Crippen molar-refractivity contribution in [1.82, 2.24) is 5.32 Å². The van der Waals surface area contributed by atoms with E-state index in [1.54, 1.807) is 11.4 Å². The van der Waals surface area contributed by atoms with Crippen molar-refractivity contribution < 1.29 is 14.3 Å². The van der Waals surface area contributed by atoms with Crippen molar-refractivity contribution in [3.05, 3.63) is 58.5 Å². The van der Waals surface area contributed by atoms with Gasteiger partial charge in [-0.05, 0) is 30.0 Å². The highest BCUT2D eigenvalue weighted by atomic mass is 32.1. The first-order valence-corrected chi connectivity index (χ1v) is 7.65. The van der Waals surface area contributed by atoms with E-state index in [-0.39, 0.29) is 5.91 Å². The normalized spacial score (nSPS) is 12.4. The van der Waals surface area contributed by atoms with Crippen LogP contribution in [0.2, 0.25) is 0 Å². The summed E-state index contributed by atoms with van der Waals surface area (Å²) < 4.78 is 5.60. The van der Waals surface area contributed by atoms with Crippen molar-refractivity contribution in [2.75, 3.05) is 6.54 Å². The minimum absolute atomic E-state index is 0.118. The lowest BCUT2D eigenvalue weighted by atomic mass is 10.2. The Morgan fingerprint density at radius 2 is 2.19 bits per heavy atom. The molecule has 0 bridgehead atoms. The van der Waals surface area contributed by atoms with Gasteiger partial charge in [-0.2, -0.15) is 11.3 Å². The van der Waals surface area contributed by atoms with Crippen LogP contribution < -0.4 is 5.32 Å². The molecule has 2 aromatic heterocycles. The van der Waals surface area contributed by atoms with Crippen molar-refractivity contribution in [3.63, 3.8) is 0 Å². The van der Waals surface area contributed by atoms with E-state index in [2.05, 4.69) is 5.32 Å². The van der Waals surface area contributed by atoms with Crippen LogP contribution in [0.3, 0.4) is 0 Å². The molecule has 1 unspecified atom stereocenters. The molecular weight excluding hydrogens is 286 g/mol. The molecule has 1 aromatic carbocycles. The Bertz CT molecular complexity index is 700. The molecule has 0 aliphatic heterocycles. The summed E-state index contributed by atoms with van der Waals surface area (Å²) in [7, 11) is 0. The van der Waals surface area contributed by atoms with Gasteiger partial charge in [0.2, 0.25) is 0 Å². The molecule has 3 rings (SSSR count). The van der Waals surface area contributed by atoms with Crippen LogP contribution in [0.4, 0.5) is 0 Å². The summed E-state index contributed by atoms with van der Waals surface area (Å²) in [5.74, 6) is 0.411. The third-order valence-electron chi connectivity index (χ3n) is 3.26. The molecule has 1 amide bonds. The zero-order chi connectivity index (χ0) is 14.7. The van der Waals surface area contributed by atoms with Crippen LogP contribution >= 0.6 is 11.3 Å². The summed E-state index contributed by atoms with van der Waals surface area (Å²) in [5, 5.41) is 17.5. The fourth-order valence-corrected chi connectivity index (χ4v) is 2.76. The number of carbonyl (C=O) groups is 1. The van der Waals surface area contributed by atoms with E-state index in [1.807, 2.05) is 35.7 Å². The number of amides is 1. The molecule has 2 heterocycles. The quantitative estimate of drug-likeness (QED) is 0.759. The Kier molecular flexibility index (Phi) is 4.03. The van der Waals surface area contributed by atoms with E-state index in [0.29, 0.717) is 24.3 Å². The zero-order valence-corrected chi connectivity index (χ0v) is 12.1. The molecule has 2 N–H and O–H groups in total. The molecular formula is C16H15NO3S. The van der Waals surface area contributed by atoms with Gasteiger partial charge in [-0.3, -0.25) is 4.79 Å². The second kappa shape index (κ2) is 6.11. The number of aliphatic hydroxyl groups is 1. The first-order chi connectivity index (χ1) is 10.2. The predicted molar refractivity (Wildman–Crippen MR) is 82.4 cm³/mol. The Balaban J connectivity index is 1.56. The van der Waals surface area contributed by atoms with Gasteiger partial charge in [-0.25, -0.2) is 0 Å². The van der Waals surface area contributed by atoms with Gasteiger partial charge in [0.1, 0.15) is 17.4 Å². The smallest absolute Gasteiger partial charge is 0.252 e. The molecule has 4 nitrogen and oxygen atoms in total. The second-order valence-electron chi connectivity index (χ2n) is 4.76. The number of nitrogens with one attached hydrogen (secondary N) is 1. The van der Waals surface area contributed by atoms with Crippen molar-refractivity contribution in [2.24, 2.45) is 0 Å². The average Bonchev–Trinajstić information content (AvgIpc) is 3.16. The van der Waals surface area contributed by atoms with Gasteiger partial charge in [-0.15, -0.1) is 0 Å². The standard InChI is InChI=1S/C16H15NO3S/c18-13(5-7-17-16(19)12-6-8-21-10-12)15-9-11-3-1-2-4-14(11)20-15/h1-4,6,8-10,13,18H,5,7H2,(H,17,19). The van der Waals surface area contributed by atoms with Crippen LogP contribution in [0.5, 0.6) is 0 Å². The van der Waals surface area contributed by atoms with Crippen LogP contribution in [0, 0.1) is 0 Å². The highest BCUT2D eigenvalue weighted by Gasteiger charge is 2.14. The Hall–Kier alpha value is -2.11. The van der Waals surface area contributed by atoms with Crippen molar-refractivity contribution in [2.45, 2.75) is 12.5 Å². The van der Waals surface area contributed by atoms with E-state index in [4.69, 9.17) is 4.42 Å². The number of carbonyl (C=O) groups excluding carboxylic acids is 1. The second-order valence-corrected chi connectivity index (χ2v) is 5.54. The van der Waals surface area contributed by atoms with Gasteiger partial charge in [0.25, 0.3) is 5.91 Å². The van der Waals surface area contributed by atoms with Crippen LogP contribution in [0.25, 0.3) is 11.0 Å².